The standard InChI is InChI=1S/C15H30N2O4/c1-3-5-8-12(4-2)11-21-15(20)17-13(14(18)19)9-6-7-10-16/h12-13H,3-11,16H2,1-2H3,(H,17,20)(H,18,19)/t12?,13-/m0/s1. The number of hydrogen-bond donors (Lipinski definition) is 3. The van der Waals surface area contributed by atoms with E-state index in [0.717, 1.165) is 32.1 Å². The normalized spacial score (nSPS) is 13.5. The fraction of sp³-hybridized carbons (Fsp3) is 0.867. The summed E-state index contributed by atoms with van der Waals surface area (Å²) >= 11 is 0. The summed E-state index contributed by atoms with van der Waals surface area (Å²) in [5.41, 5.74) is 5.37. The molecule has 6 heteroatoms. The SMILES string of the molecule is CCCCC(CC)COC(=O)N[C@@H](CCCCN)C(=O)O. The topological polar surface area (TPSA) is 102 Å². The molecule has 2 atom stereocenters. The zero-order valence-corrected chi connectivity index (χ0v) is 13.3. The van der Waals surface area contributed by atoms with Gasteiger partial charge in [0.1, 0.15) is 6.04 Å². The first kappa shape index (κ1) is 19.7. The second-order valence-corrected chi connectivity index (χ2v) is 5.33. The molecule has 0 heterocycles. The van der Waals surface area contributed by atoms with Crippen LogP contribution in [0.25, 0.3) is 0 Å². The molecule has 0 rings (SSSR count). The Bertz CT molecular complexity index is 297. The van der Waals surface area contributed by atoms with Gasteiger partial charge in [0.05, 0.1) is 6.61 Å². The highest BCUT2D eigenvalue weighted by molar-refractivity contribution is 5.79. The van der Waals surface area contributed by atoms with Crippen LogP contribution in [0.1, 0.15) is 58.8 Å². The fourth-order valence-corrected chi connectivity index (χ4v) is 2.03. The van der Waals surface area contributed by atoms with E-state index in [-0.39, 0.29) is 0 Å². The Morgan fingerprint density at radius 3 is 2.43 bits per heavy atom. The molecule has 0 aromatic heterocycles. The first-order valence-corrected chi connectivity index (χ1v) is 7.91. The molecule has 0 bridgehead atoms. The summed E-state index contributed by atoms with van der Waals surface area (Å²) in [5, 5.41) is 11.5. The summed E-state index contributed by atoms with van der Waals surface area (Å²) in [6.07, 6.45) is 5.34. The van der Waals surface area contributed by atoms with Crippen LogP contribution in [0.15, 0.2) is 0 Å². The van der Waals surface area contributed by atoms with E-state index in [4.69, 9.17) is 15.6 Å². The Morgan fingerprint density at radius 2 is 1.90 bits per heavy atom. The van der Waals surface area contributed by atoms with Gasteiger partial charge in [-0.1, -0.05) is 33.1 Å². The van der Waals surface area contributed by atoms with Crippen molar-refractivity contribution in [1.82, 2.24) is 5.32 Å². The second-order valence-electron chi connectivity index (χ2n) is 5.33. The molecular formula is C15H30N2O4. The van der Waals surface area contributed by atoms with Crippen molar-refractivity contribution < 1.29 is 19.4 Å². The number of carboxylic acid groups (broad SMARTS) is 1. The summed E-state index contributed by atoms with van der Waals surface area (Å²) in [7, 11) is 0. The van der Waals surface area contributed by atoms with Gasteiger partial charge in [0.15, 0.2) is 0 Å². The highest BCUT2D eigenvalue weighted by atomic mass is 16.5. The number of nitrogens with two attached hydrogens (primary N) is 1. The molecule has 124 valence electrons. The Morgan fingerprint density at radius 1 is 1.19 bits per heavy atom. The molecule has 0 aliphatic heterocycles. The maximum absolute atomic E-state index is 11.7. The van der Waals surface area contributed by atoms with Gasteiger partial charge in [0, 0.05) is 0 Å². The summed E-state index contributed by atoms with van der Waals surface area (Å²) in [6, 6.07) is -0.903. The van der Waals surface area contributed by atoms with E-state index in [9.17, 15) is 9.59 Å². The van der Waals surface area contributed by atoms with E-state index in [1.165, 1.54) is 0 Å². The third-order valence-electron chi connectivity index (χ3n) is 3.53. The van der Waals surface area contributed by atoms with Crippen LogP contribution in [0.3, 0.4) is 0 Å². The van der Waals surface area contributed by atoms with E-state index in [1.807, 2.05) is 0 Å². The number of carboxylic acids is 1. The number of unbranched alkanes of at least 4 members (excludes halogenated alkanes) is 2. The van der Waals surface area contributed by atoms with Crippen molar-refractivity contribution in [3.63, 3.8) is 0 Å². The minimum Gasteiger partial charge on any atom is -0.480 e. The molecule has 0 radical (unpaired) electrons. The zero-order valence-electron chi connectivity index (χ0n) is 13.3. The number of nitrogens with one attached hydrogen (secondary N) is 1. The number of hydrogen-bond acceptors (Lipinski definition) is 4. The molecule has 1 unspecified atom stereocenters. The van der Waals surface area contributed by atoms with Gasteiger partial charge in [-0.25, -0.2) is 9.59 Å². The molecule has 21 heavy (non-hydrogen) atoms. The Kier molecular flexibility index (Phi) is 11.7. The molecule has 0 aromatic rings. The number of amides is 1. The highest BCUT2D eigenvalue weighted by Crippen LogP contribution is 2.13. The van der Waals surface area contributed by atoms with E-state index in [1.54, 1.807) is 0 Å². The van der Waals surface area contributed by atoms with Crippen LogP contribution in [-0.4, -0.2) is 36.4 Å². The minimum absolute atomic E-state index is 0.344. The van der Waals surface area contributed by atoms with Crippen LogP contribution in [0.5, 0.6) is 0 Å². The third-order valence-corrected chi connectivity index (χ3v) is 3.53. The van der Waals surface area contributed by atoms with Crippen LogP contribution in [0.4, 0.5) is 4.79 Å². The zero-order chi connectivity index (χ0) is 16.1. The molecule has 0 saturated heterocycles. The minimum atomic E-state index is -1.04. The summed E-state index contributed by atoms with van der Waals surface area (Å²) < 4.78 is 5.14. The molecule has 0 fully saturated rings. The molecule has 0 aliphatic rings. The maximum Gasteiger partial charge on any atom is 0.407 e. The number of carbonyl (C=O) groups excluding carboxylic acids is 1. The lowest BCUT2D eigenvalue weighted by Crippen LogP contribution is -2.41. The van der Waals surface area contributed by atoms with Crippen molar-refractivity contribution in [2.75, 3.05) is 13.2 Å². The average molecular weight is 302 g/mol. The number of aliphatic carboxylic acids is 1. The van der Waals surface area contributed by atoms with Gasteiger partial charge in [0.25, 0.3) is 0 Å². The van der Waals surface area contributed by atoms with Gasteiger partial charge in [-0.05, 0) is 38.1 Å². The van der Waals surface area contributed by atoms with Crippen molar-refractivity contribution in [1.29, 1.82) is 0 Å². The van der Waals surface area contributed by atoms with E-state index in [2.05, 4.69) is 19.2 Å². The largest absolute Gasteiger partial charge is 0.480 e. The molecule has 6 nitrogen and oxygen atoms in total. The first-order valence-electron chi connectivity index (χ1n) is 7.91. The first-order chi connectivity index (χ1) is 10.0. The smallest absolute Gasteiger partial charge is 0.407 e. The molecule has 0 aromatic carbocycles. The quantitative estimate of drug-likeness (QED) is 0.481. The molecule has 0 aliphatic carbocycles. The molecule has 0 spiro atoms. The van der Waals surface area contributed by atoms with Gasteiger partial charge < -0.3 is 20.9 Å². The predicted molar refractivity (Wildman–Crippen MR) is 82.1 cm³/mol. The van der Waals surface area contributed by atoms with E-state index in [0.29, 0.717) is 31.9 Å². The van der Waals surface area contributed by atoms with Crippen molar-refractivity contribution in [3.8, 4) is 0 Å². The number of alkyl carbamates (subject to hydrolysis) is 1. The van der Waals surface area contributed by atoms with Gasteiger partial charge in [-0.3, -0.25) is 0 Å². The van der Waals surface area contributed by atoms with Crippen molar-refractivity contribution >= 4 is 12.1 Å². The van der Waals surface area contributed by atoms with E-state index < -0.39 is 18.1 Å². The van der Waals surface area contributed by atoms with Gasteiger partial charge in [-0.15, -0.1) is 0 Å². The highest BCUT2D eigenvalue weighted by Gasteiger charge is 2.20. The third kappa shape index (κ3) is 10.1. The van der Waals surface area contributed by atoms with Crippen LogP contribution in [0.2, 0.25) is 0 Å². The lowest BCUT2D eigenvalue weighted by Gasteiger charge is -2.17. The van der Waals surface area contributed by atoms with Gasteiger partial charge in [0.2, 0.25) is 0 Å². The summed E-state index contributed by atoms with van der Waals surface area (Å²) in [4.78, 5) is 22.7. The summed E-state index contributed by atoms with van der Waals surface area (Å²) in [5.74, 6) is -0.696. The molecule has 4 N–H and O–H groups in total. The van der Waals surface area contributed by atoms with Gasteiger partial charge >= 0.3 is 12.1 Å². The molecule has 0 saturated carbocycles. The summed E-state index contributed by atoms with van der Waals surface area (Å²) in [6.45, 7) is 5.05. The average Bonchev–Trinajstić information content (AvgIpc) is 2.46. The lowest BCUT2D eigenvalue weighted by atomic mass is 10.0. The monoisotopic (exact) mass is 302 g/mol. The van der Waals surface area contributed by atoms with Crippen LogP contribution >= 0.6 is 0 Å². The predicted octanol–water partition coefficient (Wildman–Crippen LogP) is 2.51. The maximum atomic E-state index is 11.7. The van der Waals surface area contributed by atoms with Crippen molar-refractivity contribution in [2.45, 2.75) is 64.8 Å². The van der Waals surface area contributed by atoms with Gasteiger partial charge in [-0.2, -0.15) is 0 Å². The lowest BCUT2D eigenvalue weighted by molar-refractivity contribution is -0.139. The van der Waals surface area contributed by atoms with Crippen molar-refractivity contribution in [3.05, 3.63) is 0 Å². The van der Waals surface area contributed by atoms with Crippen LogP contribution in [0, 0.1) is 5.92 Å². The van der Waals surface area contributed by atoms with Crippen LogP contribution in [-0.2, 0) is 9.53 Å². The van der Waals surface area contributed by atoms with Crippen molar-refractivity contribution in [2.24, 2.45) is 11.7 Å². The second kappa shape index (κ2) is 12.4. The van der Waals surface area contributed by atoms with E-state index >= 15 is 0 Å². The number of rotatable bonds is 12. The van der Waals surface area contributed by atoms with Crippen LogP contribution < -0.4 is 11.1 Å². The molecule has 1 amide bonds. The number of carbonyl (C=O) groups is 2. The Balaban J connectivity index is 4.09. The molecular weight excluding hydrogens is 272 g/mol. The Labute approximate surface area is 127 Å². The fourth-order valence-electron chi connectivity index (χ4n) is 2.03. The Hall–Kier alpha value is -1.30. The number of ether oxygens (including phenoxy) is 1.